The van der Waals surface area contributed by atoms with Gasteiger partial charge in [-0.25, -0.2) is 18.6 Å². The predicted octanol–water partition coefficient (Wildman–Crippen LogP) is 2.54. The van der Waals surface area contributed by atoms with Gasteiger partial charge < -0.3 is 9.84 Å². The Balaban J connectivity index is 1.91. The van der Waals surface area contributed by atoms with Crippen molar-refractivity contribution in [2.75, 3.05) is 6.61 Å². The molecule has 18 heavy (non-hydrogen) atoms. The summed E-state index contributed by atoms with van der Waals surface area (Å²) in [5.74, 6) is -0.709. The van der Waals surface area contributed by atoms with E-state index in [0.29, 0.717) is 24.2 Å². The standard InChI is InChI=1S/C11H13F2NO3S/c12-8(13)9-14-5-7(18-9)10(15)17-6-11(16)3-1-2-4-11/h5,8,16H,1-4,6H2. The first-order valence-electron chi connectivity index (χ1n) is 5.64. The van der Waals surface area contributed by atoms with Crippen molar-refractivity contribution in [3.05, 3.63) is 16.1 Å². The van der Waals surface area contributed by atoms with E-state index in [0.717, 1.165) is 19.0 Å². The summed E-state index contributed by atoms with van der Waals surface area (Å²) < 4.78 is 29.5. The minimum absolute atomic E-state index is 0.0342. The second-order valence-corrected chi connectivity index (χ2v) is 5.43. The van der Waals surface area contributed by atoms with E-state index < -0.39 is 23.0 Å². The number of hydrogen-bond donors (Lipinski definition) is 1. The van der Waals surface area contributed by atoms with Gasteiger partial charge in [0.25, 0.3) is 6.43 Å². The van der Waals surface area contributed by atoms with E-state index in [1.807, 2.05) is 0 Å². The summed E-state index contributed by atoms with van der Waals surface area (Å²) in [5, 5.41) is 9.57. The van der Waals surface area contributed by atoms with Gasteiger partial charge in [-0.05, 0) is 12.8 Å². The lowest BCUT2D eigenvalue weighted by atomic mass is 10.0. The fraction of sp³-hybridized carbons (Fsp3) is 0.636. The summed E-state index contributed by atoms with van der Waals surface area (Å²) in [4.78, 5) is 15.0. The normalized spacial score (nSPS) is 18.2. The Hall–Kier alpha value is -1.08. The van der Waals surface area contributed by atoms with Crippen LogP contribution < -0.4 is 0 Å². The van der Waals surface area contributed by atoms with Gasteiger partial charge in [-0.1, -0.05) is 12.8 Å². The molecule has 0 bridgehead atoms. The van der Waals surface area contributed by atoms with Crippen LogP contribution in [-0.2, 0) is 4.74 Å². The van der Waals surface area contributed by atoms with Gasteiger partial charge >= 0.3 is 5.97 Å². The van der Waals surface area contributed by atoms with Crippen molar-refractivity contribution < 1.29 is 23.4 Å². The number of nitrogens with zero attached hydrogens (tertiary/aromatic N) is 1. The first-order chi connectivity index (χ1) is 8.50. The lowest BCUT2D eigenvalue weighted by molar-refractivity contribution is -0.0273. The molecule has 1 saturated carbocycles. The van der Waals surface area contributed by atoms with Crippen molar-refractivity contribution >= 4 is 17.3 Å². The van der Waals surface area contributed by atoms with Crippen LogP contribution in [0.5, 0.6) is 0 Å². The van der Waals surface area contributed by atoms with Gasteiger partial charge in [-0.2, -0.15) is 0 Å². The van der Waals surface area contributed by atoms with Gasteiger partial charge in [-0.15, -0.1) is 11.3 Å². The molecule has 0 aliphatic heterocycles. The number of ether oxygens (including phenoxy) is 1. The number of hydrogen-bond acceptors (Lipinski definition) is 5. The molecule has 1 fully saturated rings. The molecule has 1 N–H and O–H groups in total. The Kier molecular flexibility index (Phi) is 3.91. The molecule has 0 spiro atoms. The average Bonchev–Trinajstić information content (AvgIpc) is 2.95. The molecule has 7 heteroatoms. The summed E-state index contributed by atoms with van der Waals surface area (Å²) in [5.41, 5.74) is -0.952. The van der Waals surface area contributed by atoms with Crippen LogP contribution in [0.2, 0.25) is 0 Å². The number of aromatic nitrogens is 1. The third kappa shape index (κ3) is 3.02. The van der Waals surface area contributed by atoms with Crippen LogP contribution >= 0.6 is 11.3 Å². The maximum Gasteiger partial charge on any atom is 0.350 e. The van der Waals surface area contributed by atoms with Crippen LogP contribution in [0, 0.1) is 0 Å². The summed E-state index contributed by atoms with van der Waals surface area (Å²) in [7, 11) is 0. The van der Waals surface area contributed by atoms with E-state index in [4.69, 9.17) is 4.74 Å². The van der Waals surface area contributed by atoms with Crippen molar-refractivity contribution in [1.29, 1.82) is 0 Å². The number of alkyl halides is 2. The molecule has 1 aromatic rings. The first-order valence-corrected chi connectivity index (χ1v) is 6.45. The van der Waals surface area contributed by atoms with Crippen LogP contribution in [0.25, 0.3) is 0 Å². The monoisotopic (exact) mass is 277 g/mol. The smallest absolute Gasteiger partial charge is 0.350 e. The molecule has 0 unspecified atom stereocenters. The molecule has 0 aromatic carbocycles. The Morgan fingerprint density at radius 2 is 2.22 bits per heavy atom. The summed E-state index contributed by atoms with van der Waals surface area (Å²) in [6.07, 6.45) is 1.41. The highest BCUT2D eigenvalue weighted by molar-refractivity contribution is 7.13. The maximum atomic E-state index is 12.3. The fourth-order valence-corrected chi connectivity index (χ4v) is 2.60. The highest BCUT2D eigenvalue weighted by Gasteiger charge is 2.33. The molecule has 0 saturated heterocycles. The highest BCUT2D eigenvalue weighted by Crippen LogP contribution is 2.30. The van der Waals surface area contributed by atoms with Gasteiger partial charge in [0.05, 0.1) is 11.8 Å². The number of carbonyl (C=O) groups excluding carboxylic acids is 1. The van der Waals surface area contributed by atoms with Crippen LogP contribution in [0.3, 0.4) is 0 Å². The molecule has 100 valence electrons. The summed E-state index contributed by atoms with van der Waals surface area (Å²) in [6.45, 7) is -0.0895. The first kappa shape index (κ1) is 13.4. The lowest BCUT2D eigenvalue weighted by Gasteiger charge is -2.20. The Labute approximate surface area is 107 Å². The zero-order valence-electron chi connectivity index (χ0n) is 9.57. The summed E-state index contributed by atoms with van der Waals surface area (Å²) in [6, 6.07) is 0. The third-order valence-electron chi connectivity index (χ3n) is 2.92. The number of thiazole rings is 1. The van der Waals surface area contributed by atoms with Gasteiger partial charge in [0, 0.05) is 0 Å². The number of aliphatic hydroxyl groups is 1. The van der Waals surface area contributed by atoms with Crippen LogP contribution in [0.15, 0.2) is 6.20 Å². The second-order valence-electron chi connectivity index (χ2n) is 4.37. The molecule has 4 nitrogen and oxygen atoms in total. The average molecular weight is 277 g/mol. The molecule has 1 aliphatic rings. The molecule has 1 aliphatic carbocycles. The van der Waals surface area contributed by atoms with Crippen LogP contribution in [0.1, 0.15) is 46.8 Å². The molecule has 0 atom stereocenters. The van der Waals surface area contributed by atoms with Gasteiger partial charge in [0.15, 0.2) is 5.01 Å². The minimum atomic E-state index is -2.68. The van der Waals surface area contributed by atoms with E-state index >= 15 is 0 Å². The largest absolute Gasteiger partial charge is 0.458 e. The number of carbonyl (C=O) groups is 1. The lowest BCUT2D eigenvalue weighted by Crippen LogP contribution is -2.31. The second kappa shape index (κ2) is 5.27. The van der Waals surface area contributed by atoms with Crippen LogP contribution in [0.4, 0.5) is 8.78 Å². The quantitative estimate of drug-likeness (QED) is 0.859. The van der Waals surface area contributed by atoms with E-state index in [1.54, 1.807) is 0 Å². The third-order valence-corrected chi connectivity index (χ3v) is 3.90. The van der Waals surface area contributed by atoms with E-state index in [9.17, 15) is 18.7 Å². The number of esters is 1. The predicted molar refractivity (Wildman–Crippen MR) is 60.8 cm³/mol. The highest BCUT2D eigenvalue weighted by atomic mass is 32.1. The number of rotatable bonds is 4. The Morgan fingerprint density at radius 1 is 1.56 bits per heavy atom. The van der Waals surface area contributed by atoms with Crippen LogP contribution in [-0.4, -0.2) is 28.3 Å². The van der Waals surface area contributed by atoms with E-state index in [1.165, 1.54) is 0 Å². The molecule has 2 rings (SSSR count). The topological polar surface area (TPSA) is 59.4 Å². The van der Waals surface area contributed by atoms with Gasteiger partial charge in [-0.3, -0.25) is 0 Å². The van der Waals surface area contributed by atoms with Crippen molar-refractivity contribution in [2.24, 2.45) is 0 Å². The van der Waals surface area contributed by atoms with Crippen molar-refractivity contribution in [1.82, 2.24) is 4.98 Å². The Morgan fingerprint density at radius 3 is 2.78 bits per heavy atom. The van der Waals surface area contributed by atoms with Crippen molar-refractivity contribution in [3.8, 4) is 0 Å². The summed E-state index contributed by atoms with van der Waals surface area (Å²) >= 11 is 0.613. The molecule has 0 radical (unpaired) electrons. The molecule has 1 heterocycles. The zero-order valence-corrected chi connectivity index (χ0v) is 10.4. The fourth-order valence-electron chi connectivity index (χ4n) is 1.93. The molecular formula is C11H13F2NO3S. The van der Waals surface area contributed by atoms with E-state index in [2.05, 4.69) is 4.98 Å². The van der Waals surface area contributed by atoms with Crippen molar-refractivity contribution in [3.63, 3.8) is 0 Å². The van der Waals surface area contributed by atoms with E-state index in [-0.39, 0.29) is 11.5 Å². The number of halogens is 2. The SMILES string of the molecule is O=C(OCC1(O)CCCC1)c1cnc(C(F)F)s1. The van der Waals surface area contributed by atoms with Gasteiger partial charge in [0.2, 0.25) is 0 Å². The maximum absolute atomic E-state index is 12.3. The van der Waals surface area contributed by atoms with Gasteiger partial charge in [0.1, 0.15) is 11.5 Å². The minimum Gasteiger partial charge on any atom is -0.458 e. The molecule has 1 aromatic heterocycles. The molecule has 0 amide bonds. The van der Waals surface area contributed by atoms with Crippen molar-refractivity contribution in [2.45, 2.75) is 37.7 Å². The Bertz CT molecular complexity index is 430. The molecular weight excluding hydrogens is 264 g/mol. The zero-order chi connectivity index (χ0) is 13.2.